The second kappa shape index (κ2) is 10.9. The number of aliphatic carboxylic acids is 1. The maximum Gasteiger partial charge on any atom is 0.490 e. The number of hydrogen-bond donors (Lipinski definition) is 2. The normalized spacial score (nSPS) is 18.6. The summed E-state index contributed by atoms with van der Waals surface area (Å²) in [7, 11) is 2.15. The number of alkyl halides is 3. The molecule has 34 heavy (non-hydrogen) atoms. The van der Waals surface area contributed by atoms with Gasteiger partial charge in [0.15, 0.2) is 0 Å². The summed E-state index contributed by atoms with van der Waals surface area (Å²) in [6.45, 7) is 2.64. The SMILES string of the molecule is CN1CCc2ccc(N3C[C@H](NC(=O)c4ccc(Br)s4)CC3=O)cc2CC1.O=C(O)C(F)(F)F. The molecule has 1 saturated heterocycles. The van der Waals surface area contributed by atoms with Crippen LogP contribution in [0.25, 0.3) is 0 Å². The Kier molecular flexibility index (Phi) is 8.37. The first-order chi connectivity index (χ1) is 15.9. The summed E-state index contributed by atoms with van der Waals surface area (Å²) < 4.78 is 32.7. The molecule has 7 nitrogen and oxygen atoms in total. The van der Waals surface area contributed by atoms with Gasteiger partial charge in [-0.25, -0.2) is 4.79 Å². The molecule has 0 saturated carbocycles. The zero-order valence-corrected chi connectivity index (χ0v) is 20.6. The smallest absolute Gasteiger partial charge is 0.475 e. The first-order valence-electron chi connectivity index (χ1n) is 10.4. The number of nitrogens with zero attached hydrogens (tertiary/aromatic N) is 2. The topological polar surface area (TPSA) is 90.0 Å². The number of carbonyl (C=O) groups is 3. The van der Waals surface area contributed by atoms with Crippen LogP contribution in [-0.2, 0) is 22.4 Å². The molecule has 3 heterocycles. The number of carboxylic acids is 1. The van der Waals surface area contributed by atoms with Crippen LogP contribution in [0.2, 0.25) is 0 Å². The lowest BCUT2D eigenvalue weighted by molar-refractivity contribution is -0.192. The predicted molar refractivity (Wildman–Crippen MR) is 125 cm³/mol. The second-order valence-corrected chi connectivity index (χ2v) is 10.5. The van der Waals surface area contributed by atoms with Gasteiger partial charge in [-0.3, -0.25) is 9.59 Å². The number of carbonyl (C=O) groups excluding carboxylic acids is 2. The molecule has 1 aromatic heterocycles. The third kappa shape index (κ3) is 6.80. The van der Waals surface area contributed by atoms with E-state index in [0.717, 1.165) is 35.4 Å². The molecule has 4 rings (SSSR count). The van der Waals surface area contributed by atoms with E-state index in [-0.39, 0.29) is 17.9 Å². The van der Waals surface area contributed by atoms with E-state index in [9.17, 15) is 22.8 Å². The van der Waals surface area contributed by atoms with Crippen molar-refractivity contribution in [3.05, 3.63) is 50.1 Å². The molecular weight excluding hydrogens is 539 g/mol. The maximum atomic E-state index is 12.6. The van der Waals surface area contributed by atoms with Gasteiger partial charge in [0.2, 0.25) is 5.91 Å². The number of halogens is 4. The number of carboxylic acid groups (broad SMARTS) is 1. The van der Waals surface area contributed by atoms with Gasteiger partial charge in [0, 0.05) is 31.7 Å². The molecule has 0 aliphatic carbocycles. The molecule has 1 aromatic carbocycles. The van der Waals surface area contributed by atoms with E-state index in [0.29, 0.717) is 17.8 Å². The van der Waals surface area contributed by atoms with Crippen LogP contribution in [0.3, 0.4) is 0 Å². The summed E-state index contributed by atoms with van der Waals surface area (Å²) >= 11 is 4.77. The van der Waals surface area contributed by atoms with Crippen molar-refractivity contribution in [2.75, 3.05) is 31.6 Å². The maximum absolute atomic E-state index is 12.6. The summed E-state index contributed by atoms with van der Waals surface area (Å²) in [6, 6.07) is 9.86. The lowest BCUT2D eigenvalue weighted by Crippen LogP contribution is -2.36. The fourth-order valence-corrected chi connectivity index (χ4v) is 5.03. The zero-order valence-electron chi connectivity index (χ0n) is 18.2. The molecule has 2 aliphatic heterocycles. The Bertz CT molecular complexity index is 1080. The molecule has 0 unspecified atom stereocenters. The van der Waals surface area contributed by atoms with E-state index in [2.05, 4.69) is 45.3 Å². The van der Waals surface area contributed by atoms with E-state index in [1.54, 1.807) is 6.07 Å². The van der Waals surface area contributed by atoms with Crippen molar-refractivity contribution >= 4 is 50.7 Å². The van der Waals surface area contributed by atoms with Gasteiger partial charge in [0.05, 0.1) is 14.7 Å². The third-order valence-electron chi connectivity index (χ3n) is 5.53. The monoisotopic (exact) mass is 561 g/mol. The number of anilines is 1. The van der Waals surface area contributed by atoms with Crippen LogP contribution in [0.15, 0.2) is 34.1 Å². The average Bonchev–Trinajstić information content (AvgIpc) is 3.30. The Morgan fingerprint density at radius 1 is 1.15 bits per heavy atom. The summed E-state index contributed by atoms with van der Waals surface area (Å²) in [5.41, 5.74) is 3.65. The Balaban J connectivity index is 0.000000406. The van der Waals surface area contributed by atoms with Crippen LogP contribution in [0.4, 0.5) is 18.9 Å². The molecule has 2 aromatic rings. The number of thiophene rings is 1. The average molecular weight is 562 g/mol. The number of hydrogen-bond acceptors (Lipinski definition) is 5. The highest BCUT2D eigenvalue weighted by atomic mass is 79.9. The molecule has 1 fully saturated rings. The lowest BCUT2D eigenvalue weighted by atomic mass is 10.0. The summed E-state index contributed by atoms with van der Waals surface area (Å²) in [4.78, 5) is 38.6. The van der Waals surface area contributed by atoms with Gasteiger partial charge >= 0.3 is 12.1 Å². The van der Waals surface area contributed by atoms with Gasteiger partial charge in [0.1, 0.15) is 0 Å². The summed E-state index contributed by atoms with van der Waals surface area (Å²) in [5, 5.41) is 10.1. The third-order valence-corrected chi connectivity index (χ3v) is 7.15. The number of benzene rings is 1. The highest BCUT2D eigenvalue weighted by Crippen LogP contribution is 2.27. The first-order valence-corrected chi connectivity index (χ1v) is 12.0. The van der Waals surface area contributed by atoms with E-state index >= 15 is 0 Å². The van der Waals surface area contributed by atoms with E-state index < -0.39 is 12.1 Å². The Hall–Kier alpha value is -2.44. The van der Waals surface area contributed by atoms with E-state index in [4.69, 9.17) is 9.90 Å². The highest BCUT2D eigenvalue weighted by Gasteiger charge is 2.38. The second-order valence-electron chi connectivity index (χ2n) is 8.04. The molecule has 2 aliphatic rings. The van der Waals surface area contributed by atoms with Crippen molar-refractivity contribution in [3.8, 4) is 0 Å². The molecule has 184 valence electrons. The number of amides is 2. The fourth-order valence-electron chi connectivity index (χ4n) is 3.74. The largest absolute Gasteiger partial charge is 0.490 e. The van der Waals surface area contributed by atoms with Crippen molar-refractivity contribution in [2.45, 2.75) is 31.5 Å². The van der Waals surface area contributed by atoms with Gasteiger partial charge in [-0.05, 0) is 71.2 Å². The van der Waals surface area contributed by atoms with Crippen LogP contribution >= 0.6 is 27.3 Å². The van der Waals surface area contributed by atoms with E-state index in [1.807, 2.05) is 17.0 Å². The number of rotatable bonds is 3. The Labute approximate surface area is 206 Å². The summed E-state index contributed by atoms with van der Waals surface area (Å²) in [6.07, 6.45) is -2.68. The Morgan fingerprint density at radius 3 is 2.38 bits per heavy atom. The molecule has 2 N–H and O–H groups in total. The van der Waals surface area contributed by atoms with Crippen molar-refractivity contribution in [1.82, 2.24) is 10.2 Å². The highest BCUT2D eigenvalue weighted by molar-refractivity contribution is 9.11. The van der Waals surface area contributed by atoms with Crippen LogP contribution in [0.5, 0.6) is 0 Å². The van der Waals surface area contributed by atoms with Gasteiger partial charge < -0.3 is 20.2 Å². The molecule has 1 atom stereocenters. The molecule has 0 bridgehead atoms. The molecule has 0 radical (unpaired) electrons. The molecule has 2 amide bonds. The zero-order chi connectivity index (χ0) is 25.0. The standard InChI is InChI=1S/C20H22BrN3O2S.C2HF3O2/c1-23-8-6-13-2-3-16(10-14(13)7-9-23)24-12-15(11-19(24)25)22-20(26)17-4-5-18(21)27-17;3-2(4,5)1(6)7/h2-5,10,15H,6-9,11-12H2,1H3,(H,22,26);(H,6,7)/t15-;/m1./s1. The molecular formula is C22H23BrF3N3O4S. The predicted octanol–water partition coefficient (Wildman–Crippen LogP) is 3.71. The van der Waals surface area contributed by atoms with Gasteiger partial charge in [-0.2, -0.15) is 13.2 Å². The summed E-state index contributed by atoms with van der Waals surface area (Å²) in [5.74, 6) is -2.80. The van der Waals surface area contributed by atoms with Crippen LogP contribution in [0.1, 0.15) is 27.2 Å². The van der Waals surface area contributed by atoms with Crippen molar-refractivity contribution in [1.29, 1.82) is 0 Å². The lowest BCUT2D eigenvalue weighted by Gasteiger charge is -2.19. The quantitative estimate of drug-likeness (QED) is 0.596. The Morgan fingerprint density at radius 2 is 1.79 bits per heavy atom. The minimum absolute atomic E-state index is 0.0679. The first kappa shape index (κ1) is 26.2. The van der Waals surface area contributed by atoms with Crippen molar-refractivity contribution < 1.29 is 32.7 Å². The van der Waals surface area contributed by atoms with Gasteiger partial charge in [-0.1, -0.05) is 6.07 Å². The van der Waals surface area contributed by atoms with E-state index in [1.165, 1.54) is 22.5 Å². The fraction of sp³-hybridized carbons (Fsp3) is 0.409. The van der Waals surface area contributed by atoms with Crippen molar-refractivity contribution in [2.24, 2.45) is 0 Å². The number of likely N-dealkylation sites (N-methyl/N-ethyl adjacent to an activating group) is 1. The number of nitrogens with one attached hydrogen (secondary N) is 1. The minimum atomic E-state index is -5.08. The molecule has 0 spiro atoms. The minimum Gasteiger partial charge on any atom is -0.475 e. The van der Waals surface area contributed by atoms with Crippen LogP contribution in [0, 0.1) is 0 Å². The van der Waals surface area contributed by atoms with Gasteiger partial charge in [-0.15, -0.1) is 11.3 Å². The van der Waals surface area contributed by atoms with Crippen LogP contribution < -0.4 is 10.2 Å². The van der Waals surface area contributed by atoms with Crippen molar-refractivity contribution in [3.63, 3.8) is 0 Å². The van der Waals surface area contributed by atoms with Crippen LogP contribution in [-0.4, -0.2) is 66.7 Å². The number of fused-ring (bicyclic) bond motifs is 1. The molecule has 12 heteroatoms. The van der Waals surface area contributed by atoms with Gasteiger partial charge in [0.25, 0.3) is 5.91 Å².